The Morgan fingerprint density at radius 3 is 2.35 bits per heavy atom. The zero-order valence-electron chi connectivity index (χ0n) is 14.4. The van der Waals surface area contributed by atoms with Gasteiger partial charge in [-0.2, -0.15) is 5.26 Å². The van der Waals surface area contributed by atoms with Crippen LogP contribution in [0.25, 0.3) is 0 Å². The highest BCUT2D eigenvalue weighted by Crippen LogP contribution is 2.39. The number of hydrogen-bond acceptors (Lipinski definition) is 3. The van der Waals surface area contributed by atoms with Crippen LogP contribution in [0.3, 0.4) is 0 Å². The van der Waals surface area contributed by atoms with Crippen molar-refractivity contribution in [3.8, 4) is 11.8 Å². The first kappa shape index (κ1) is 17.8. The van der Waals surface area contributed by atoms with Crippen LogP contribution < -0.4 is 4.74 Å². The van der Waals surface area contributed by atoms with Gasteiger partial charge in [-0.3, -0.25) is 0 Å². The van der Waals surface area contributed by atoms with E-state index in [1.54, 1.807) is 11.3 Å². The molecule has 0 bridgehead atoms. The number of thiophene rings is 1. The molecule has 23 heavy (non-hydrogen) atoms. The van der Waals surface area contributed by atoms with Crippen molar-refractivity contribution in [3.63, 3.8) is 0 Å². The highest BCUT2D eigenvalue weighted by molar-refractivity contribution is 7.10. The number of ether oxygens (including phenoxy) is 1. The van der Waals surface area contributed by atoms with Crippen LogP contribution in [0.5, 0.6) is 5.75 Å². The molecule has 1 atom stereocenters. The van der Waals surface area contributed by atoms with Gasteiger partial charge in [-0.15, -0.1) is 11.3 Å². The summed E-state index contributed by atoms with van der Waals surface area (Å²) in [6, 6.07) is 15.1. The average molecular weight is 344 g/mol. The highest BCUT2D eigenvalue weighted by Gasteiger charge is 2.35. The Balaban J connectivity index is 2.30. The Morgan fingerprint density at radius 2 is 1.87 bits per heavy atom. The molecule has 1 aromatic carbocycles. The van der Waals surface area contributed by atoms with Crippen LogP contribution in [-0.2, 0) is 5.60 Å². The fourth-order valence-corrected chi connectivity index (χ4v) is 4.70. The molecule has 0 aliphatic heterocycles. The Bertz CT molecular complexity index is 652. The van der Waals surface area contributed by atoms with Crippen LogP contribution in [0.4, 0.5) is 0 Å². The van der Waals surface area contributed by atoms with Gasteiger partial charge in [-0.05, 0) is 48.6 Å². The molecule has 0 amide bonds. The molecule has 0 unspecified atom stereocenters. The van der Waals surface area contributed by atoms with Gasteiger partial charge in [0.05, 0.1) is 11.6 Å². The maximum absolute atomic E-state index is 8.95. The minimum Gasteiger partial charge on any atom is -0.482 e. The molecule has 122 valence electrons. The summed E-state index contributed by atoms with van der Waals surface area (Å²) >= 11 is 1.77. The molecule has 0 aliphatic carbocycles. The lowest BCUT2D eigenvalue weighted by atomic mass is 9.94. The Hall–Kier alpha value is -1.57. The van der Waals surface area contributed by atoms with Crippen LogP contribution in [0, 0.1) is 11.3 Å². The summed E-state index contributed by atoms with van der Waals surface area (Å²) in [5, 5.41) is 11.1. The molecular formula is C19H25NOSSi. The summed E-state index contributed by atoms with van der Waals surface area (Å²) in [7, 11) is -1.15. The van der Waals surface area contributed by atoms with E-state index in [1.807, 2.05) is 24.3 Å². The molecule has 0 radical (unpaired) electrons. The summed E-state index contributed by atoms with van der Waals surface area (Å²) < 4.78 is 6.51. The third-order valence-electron chi connectivity index (χ3n) is 4.12. The first-order valence-corrected chi connectivity index (χ1v) is 12.7. The van der Waals surface area contributed by atoms with Gasteiger partial charge in [-0.25, -0.2) is 0 Å². The largest absolute Gasteiger partial charge is 0.482 e. The van der Waals surface area contributed by atoms with E-state index in [-0.39, 0.29) is 5.60 Å². The number of rotatable bonds is 7. The molecule has 0 spiro atoms. The van der Waals surface area contributed by atoms with Gasteiger partial charge in [0.15, 0.2) is 0 Å². The molecular weight excluding hydrogens is 318 g/mol. The molecule has 1 heterocycles. The lowest BCUT2D eigenvalue weighted by Crippen LogP contribution is -2.34. The Labute approximate surface area is 144 Å². The zero-order chi connectivity index (χ0) is 16.9. The number of nitrogens with zero attached hydrogens (tertiary/aromatic N) is 1. The second-order valence-electron chi connectivity index (χ2n) is 7.12. The van der Waals surface area contributed by atoms with E-state index in [2.05, 4.69) is 50.1 Å². The van der Waals surface area contributed by atoms with E-state index < -0.39 is 8.07 Å². The van der Waals surface area contributed by atoms with Gasteiger partial charge in [0.25, 0.3) is 0 Å². The second kappa shape index (κ2) is 7.33. The van der Waals surface area contributed by atoms with Gasteiger partial charge in [-0.1, -0.05) is 38.7 Å². The van der Waals surface area contributed by atoms with E-state index in [0.717, 1.165) is 18.6 Å². The molecule has 0 saturated carbocycles. The fraction of sp³-hybridized carbons (Fsp3) is 0.421. The second-order valence-corrected chi connectivity index (χ2v) is 13.7. The van der Waals surface area contributed by atoms with Gasteiger partial charge >= 0.3 is 0 Å². The van der Waals surface area contributed by atoms with Crippen molar-refractivity contribution in [2.45, 2.75) is 51.1 Å². The number of hydrogen-bond donors (Lipinski definition) is 0. The van der Waals surface area contributed by atoms with Crippen LogP contribution in [0.15, 0.2) is 41.8 Å². The van der Waals surface area contributed by atoms with E-state index in [1.165, 1.54) is 10.9 Å². The minimum absolute atomic E-state index is 0.261. The summed E-state index contributed by atoms with van der Waals surface area (Å²) in [6.07, 6.45) is 1.98. The lowest BCUT2D eigenvalue weighted by Gasteiger charge is -2.35. The van der Waals surface area contributed by atoms with Crippen molar-refractivity contribution in [1.82, 2.24) is 0 Å². The standard InChI is InChI=1S/C19H25NOSSi/c1-5-19(12-14-23(2,3)4,18-7-6-13-22-18)21-17-10-8-16(15-20)9-11-17/h6-11,13H,5,12,14H2,1-4H3/t19-/m0/s1. The maximum atomic E-state index is 8.95. The van der Waals surface area contributed by atoms with Gasteiger partial charge in [0.1, 0.15) is 11.4 Å². The SMILES string of the molecule is CC[C@@](CC[Si](C)(C)C)(Oc1ccc(C#N)cc1)c1cccs1. The van der Waals surface area contributed by atoms with Crippen molar-refractivity contribution >= 4 is 19.4 Å². The smallest absolute Gasteiger partial charge is 0.142 e. The average Bonchev–Trinajstić information content (AvgIpc) is 3.06. The maximum Gasteiger partial charge on any atom is 0.142 e. The fourth-order valence-electron chi connectivity index (χ4n) is 2.59. The normalized spacial score (nSPS) is 14.0. The van der Waals surface area contributed by atoms with Crippen LogP contribution in [0.2, 0.25) is 25.7 Å². The summed E-state index contributed by atoms with van der Waals surface area (Å²) in [5.74, 6) is 0.842. The monoisotopic (exact) mass is 343 g/mol. The van der Waals surface area contributed by atoms with Crippen LogP contribution in [0.1, 0.15) is 30.2 Å². The third-order valence-corrected chi connectivity index (χ3v) is 6.92. The number of benzene rings is 1. The van der Waals surface area contributed by atoms with Crippen molar-refractivity contribution in [2.24, 2.45) is 0 Å². The summed E-state index contributed by atoms with van der Waals surface area (Å²) in [4.78, 5) is 1.29. The highest BCUT2D eigenvalue weighted by atomic mass is 32.1. The topological polar surface area (TPSA) is 33.0 Å². The van der Waals surface area contributed by atoms with Crippen molar-refractivity contribution in [1.29, 1.82) is 5.26 Å². The molecule has 0 N–H and O–H groups in total. The van der Waals surface area contributed by atoms with Gasteiger partial charge in [0, 0.05) is 13.0 Å². The Morgan fingerprint density at radius 1 is 1.17 bits per heavy atom. The van der Waals surface area contributed by atoms with E-state index in [9.17, 15) is 0 Å². The van der Waals surface area contributed by atoms with Crippen LogP contribution >= 0.6 is 11.3 Å². The predicted octanol–water partition coefficient (Wildman–Crippen LogP) is 6.03. The van der Waals surface area contributed by atoms with Crippen molar-refractivity contribution < 1.29 is 4.74 Å². The molecule has 2 nitrogen and oxygen atoms in total. The molecule has 2 rings (SSSR count). The van der Waals surface area contributed by atoms with E-state index in [4.69, 9.17) is 10.00 Å². The lowest BCUT2D eigenvalue weighted by molar-refractivity contribution is 0.0608. The first-order chi connectivity index (χ1) is 10.9. The molecule has 0 saturated heterocycles. The molecule has 0 aliphatic rings. The van der Waals surface area contributed by atoms with E-state index >= 15 is 0 Å². The number of nitriles is 1. The molecule has 2 aromatic rings. The van der Waals surface area contributed by atoms with Crippen molar-refractivity contribution in [2.75, 3.05) is 0 Å². The molecule has 0 fully saturated rings. The van der Waals surface area contributed by atoms with Crippen molar-refractivity contribution in [3.05, 3.63) is 52.2 Å². The quantitative estimate of drug-likeness (QED) is 0.575. The van der Waals surface area contributed by atoms with Gasteiger partial charge in [0.2, 0.25) is 0 Å². The predicted molar refractivity (Wildman–Crippen MR) is 101 cm³/mol. The Kier molecular flexibility index (Phi) is 5.67. The van der Waals surface area contributed by atoms with Gasteiger partial charge < -0.3 is 4.74 Å². The van der Waals surface area contributed by atoms with Crippen LogP contribution in [-0.4, -0.2) is 8.07 Å². The first-order valence-electron chi connectivity index (χ1n) is 8.12. The summed E-state index contributed by atoms with van der Waals surface area (Å²) in [5.41, 5.74) is 0.403. The molecule has 4 heteroatoms. The van der Waals surface area contributed by atoms with E-state index in [0.29, 0.717) is 5.56 Å². The minimum atomic E-state index is -1.15. The zero-order valence-corrected chi connectivity index (χ0v) is 16.2. The molecule has 1 aromatic heterocycles. The third kappa shape index (κ3) is 4.70. The summed E-state index contributed by atoms with van der Waals surface area (Å²) in [6.45, 7) is 9.42.